The maximum Gasteiger partial charge on any atom is 0.191 e. The van der Waals surface area contributed by atoms with Gasteiger partial charge in [0.1, 0.15) is 5.75 Å². The van der Waals surface area contributed by atoms with Crippen LogP contribution in [0.4, 0.5) is 0 Å². The Morgan fingerprint density at radius 1 is 1.35 bits per heavy atom. The van der Waals surface area contributed by atoms with Gasteiger partial charge in [-0.25, -0.2) is 0 Å². The van der Waals surface area contributed by atoms with Crippen LogP contribution in [0.3, 0.4) is 0 Å². The first-order chi connectivity index (χ1) is 8.26. The molecule has 1 aromatic carbocycles. The molecule has 0 radical (unpaired) electrons. The van der Waals surface area contributed by atoms with Crippen molar-refractivity contribution in [2.24, 2.45) is 10.7 Å². The largest absolute Gasteiger partial charge is 0.494 e. The molecule has 4 heteroatoms. The lowest BCUT2D eigenvalue weighted by Gasteiger charge is -2.25. The summed E-state index contributed by atoms with van der Waals surface area (Å²) < 4.78 is 5.43. The summed E-state index contributed by atoms with van der Waals surface area (Å²) in [6.07, 6.45) is 0. The van der Waals surface area contributed by atoms with Crippen molar-refractivity contribution in [1.29, 1.82) is 0 Å². The van der Waals surface area contributed by atoms with Crippen molar-refractivity contribution in [1.82, 2.24) is 4.90 Å². The standard InChI is InChI=1S/C13H19N3O/c1-3-16-12(9-15-13(16)14)10-5-7-11(8-6-10)17-4-2/h5-8,12H,3-4,9H2,1-2H3,(H2,14,15). The zero-order valence-electron chi connectivity index (χ0n) is 10.4. The Morgan fingerprint density at radius 2 is 2.06 bits per heavy atom. The molecule has 1 atom stereocenters. The SMILES string of the molecule is CCOc1ccc(C2CN=C(N)N2CC)cc1. The highest BCUT2D eigenvalue weighted by Crippen LogP contribution is 2.26. The summed E-state index contributed by atoms with van der Waals surface area (Å²) >= 11 is 0. The zero-order valence-corrected chi connectivity index (χ0v) is 10.4. The van der Waals surface area contributed by atoms with Gasteiger partial charge >= 0.3 is 0 Å². The van der Waals surface area contributed by atoms with E-state index in [9.17, 15) is 0 Å². The highest BCUT2D eigenvalue weighted by molar-refractivity contribution is 5.80. The van der Waals surface area contributed by atoms with Crippen LogP contribution < -0.4 is 10.5 Å². The molecule has 0 amide bonds. The van der Waals surface area contributed by atoms with Crippen LogP contribution in [0, 0.1) is 0 Å². The molecule has 0 aromatic heterocycles. The molecule has 0 fully saturated rings. The van der Waals surface area contributed by atoms with Crippen LogP contribution in [0.2, 0.25) is 0 Å². The van der Waals surface area contributed by atoms with Crippen molar-refractivity contribution in [3.8, 4) is 5.75 Å². The molecule has 4 nitrogen and oxygen atoms in total. The number of aliphatic imine (C=N–C) groups is 1. The minimum atomic E-state index is 0.274. The van der Waals surface area contributed by atoms with Gasteiger partial charge in [0, 0.05) is 6.54 Å². The van der Waals surface area contributed by atoms with Crippen LogP contribution in [0.15, 0.2) is 29.3 Å². The lowest BCUT2D eigenvalue weighted by Crippen LogP contribution is -2.35. The molecule has 1 aromatic rings. The molecule has 17 heavy (non-hydrogen) atoms. The summed E-state index contributed by atoms with van der Waals surface area (Å²) in [5, 5.41) is 0. The van der Waals surface area contributed by atoms with Gasteiger partial charge in [0.2, 0.25) is 0 Å². The van der Waals surface area contributed by atoms with Gasteiger partial charge in [0.15, 0.2) is 5.96 Å². The number of benzene rings is 1. The van der Waals surface area contributed by atoms with Gasteiger partial charge in [0.25, 0.3) is 0 Å². The number of hydrogen-bond donors (Lipinski definition) is 1. The molecule has 0 saturated carbocycles. The van der Waals surface area contributed by atoms with E-state index in [4.69, 9.17) is 10.5 Å². The van der Waals surface area contributed by atoms with E-state index < -0.39 is 0 Å². The van der Waals surface area contributed by atoms with Crippen LogP contribution in [0.1, 0.15) is 25.5 Å². The Hall–Kier alpha value is -1.71. The van der Waals surface area contributed by atoms with Crippen LogP contribution in [0.5, 0.6) is 5.75 Å². The number of nitrogens with two attached hydrogens (primary N) is 1. The van der Waals surface area contributed by atoms with Gasteiger partial charge in [-0.05, 0) is 31.5 Å². The van der Waals surface area contributed by atoms with E-state index in [2.05, 4.69) is 28.9 Å². The van der Waals surface area contributed by atoms with Crippen molar-refractivity contribution in [3.05, 3.63) is 29.8 Å². The predicted octanol–water partition coefficient (Wildman–Crippen LogP) is 1.78. The Balaban J connectivity index is 2.13. The topological polar surface area (TPSA) is 50.9 Å². The number of nitrogens with zero attached hydrogens (tertiary/aromatic N) is 2. The Kier molecular flexibility index (Phi) is 3.52. The summed E-state index contributed by atoms with van der Waals surface area (Å²) in [5.74, 6) is 1.55. The Morgan fingerprint density at radius 3 is 2.65 bits per heavy atom. The fourth-order valence-electron chi connectivity index (χ4n) is 2.15. The van der Waals surface area contributed by atoms with E-state index in [1.165, 1.54) is 5.56 Å². The molecular formula is C13H19N3O. The first-order valence-electron chi connectivity index (χ1n) is 6.05. The molecule has 92 valence electrons. The van der Waals surface area contributed by atoms with Crippen molar-refractivity contribution < 1.29 is 4.74 Å². The van der Waals surface area contributed by atoms with E-state index >= 15 is 0 Å². The number of guanidine groups is 1. The van der Waals surface area contributed by atoms with Gasteiger partial charge in [-0.1, -0.05) is 12.1 Å². The van der Waals surface area contributed by atoms with Gasteiger partial charge in [-0.3, -0.25) is 4.99 Å². The zero-order chi connectivity index (χ0) is 12.3. The minimum absolute atomic E-state index is 0.274. The molecule has 2 N–H and O–H groups in total. The lowest BCUT2D eigenvalue weighted by molar-refractivity contribution is 0.338. The van der Waals surface area contributed by atoms with Crippen molar-refractivity contribution in [3.63, 3.8) is 0 Å². The average Bonchev–Trinajstić information content (AvgIpc) is 2.72. The number of hydrogen-bond acceptors (Lipinski definition) is 4. The second-order valence-corrected chi connectivity index (χ2v) is 4.00. The monoisotopic (exact) mass is 233 g/mol. The number of rotatable bonds is 4. The fourth-order valence-corrected chi connectivity index (χ4v) is 2.15. The molecule has 0 bridgehead atoms. The van der Waals surface area contributed by atoms with Crippen molar-refractivity contribution in [2.75, 3.05) is 19.7 Å². The molecule has 1 aliphatic heterocycles. The third kappa shape index (κ3) is 2.35. The maximum atomic E-state index is 5.85. The maximum absolute atomic E-state index is 5.85. The van der Waals surface area contributed by atoms with Gasteiger partial charge < -0.3 is 15.4 Å². The first kappa shape index (κ1) is 11.8. The first-order valence-corrected chi connectivity index (χ1v) is 6.05. The molecule has 1 heterocycles. The smallest absolute Gasteiger partial charge is 0.191 e. The van der Waals surface area contributed by atoms with Crippen LogP contribution >= 0.6 is 0 Å². The number of ether oxygens (including phenoxy) is 1. The Bertz CT molecular complexity index is 400. The lowest BCUT2D eigenvalue weighted by atomic mass is 10.1. The second kappa shape index (κ2) is 5.08. The molecule has 2 rings (SSSR count). The van der Waals surface area contributed by atoms with E-state index in [0.717, 1.165) is 18.8 Å². The fraction of sp³-hybridized carbons (Fsp3) is 0.462. The molecule has 1 aliphatic rings. The van der Waals surface area contributed by atoms with Crippen LogP contribution in [-0.2, 0) is 0 Å². The van der Waals surface area contributed by atoms with Crippen molar-refractivity contribution in [2.45, 2.75) is 19.9 Å². The highest BCUT2D eigenvalue weighted by atomic mass is 16.5. The van der Waals surface area contributed by atoms with E-state index in [1.807, 2.05) is 19.1 Å². The van der Waals surface area contributed by atoms with E-state index in [-0.39, 0.29) is 6.04 Å². The minimum Gasteiger partial charge on any atom is -0.494 e. The number of likely N-dealkylation sites (N-methyl/N-ethyl adjacent to an activating group) is 1. The molecular weight excluding hydrogens is 214 g/mol. The van der Waals surface area contributed by atoms with E-state index in [1.54, 1.807) is 0 Å². The molecule has 0 saturated heterocycles. The highest BCUT2D eigenvalue weighted by Gasteiger charge is 2.25. The summed E-state index contributed by atoms with van der Waals surface area (Å²) in [5.41, 5.74) is 7.08. The predicted molar refractivity (Wildman–Crippen MR) is 69.2 cm³/mol. The molecule has 0 spiro atoms. The van der Waals surface area contributed by atoms with Gasteiger partial charge in [0.05, 0.1) is 19.2 Å². The Labute approximate surface area is 102 Å². The second-order valence-electron chi connectivity index (χ2n) is 4.00. The van der Waals surface area contributed by atoms with Crippen molar-refractivity contribution >= 4 is 5.96 Å². The van der Waals surface area contributed by atoms with E-state index in [0.29, 0.717) is 12.6 Å². The third-order valence-electron chi connectivity index (χ3n) is 3.01. The summed E-state index contributed by atoms with van der Waals surface area (Å²) in [6, 6.07) is 8.46. The van der Waals surface area contributed by atoms with Gasteiger partial charge in [-0.15, -0.1) is 0 Å². The van der Waals surface area contributed by atoms with Crippen LogP contribution in [-0.4, -0.2) is 30.6 Å². The van der Waals surface area contributed by atoms with Gasteiger partial charge in [-0.2, -0.15) is 0 Å². The average molecular weight is 233 g/mol. The quantitative estimate of drug-likeness (QED) is 0.862. The van der Waals surface area contributed by atoms with Crippen LogP contribution in [0.25, 0.3) is 0 Å². The summed E-state index contributed by atoms with van der Waals surface area (Å²) in [4.78, 5) is 6.41. The normalized spacial score (nSPS) is 19.3. The summed E-state index contributed by atoms with van der Waals surface area (Å²) in [6.45, 7) is 6.40. The molecule has 0 aliphatic carbocycles. The molecule has 1 unspecified atom stereocenters. The summed E-state index contributed by atoms with van der Waals surface area (Å²) in [7, 11) is 0. The third-order valence-corrected chi connectivity index (χ3v) is 3.01.